The first-order valence-electron chi connectivity index (χ1n) is 4.55. The van der Waals surface area contributed by atoms with Gasteiger partial charge in [0.1, 0.15) is 5.72 Å². The van der Waals surface area contributed by atoms with Gasteiger partial charge in [0.05, 0.1) is 5.60 Å². The molecule has 2 nitrogen and oxygen atoms in total. The minimum Gasteiger partial charge on any atom is -0.353 e. The Bertz CT molecular complexity index is 194. The van der Waals surface area contributed by atoms with Gasteiger partial charge in [-0.2, -0.15) is 0 Å². The van der Waals surface area contributed by atoms with Crippen molar-refractivity contribution in [2.24, 2.45) is 0 Å². The Morgan fingerprint density at radius 2 is 1.33 bits per heavy atom. The molecule has 1 aliphatic rings. The summed E-state index contributed by atoms with van der Waals surface area (Å²) in [6.45, 7) is 13.0. The first-order chi connectivity index (χ1) is 5.11. The van der Waals surface area contributed by atoms with Gasteiger partial charge in [0, 0.05) is 5.54 Å². The Balaban J connectivity index is 3.05. The molecule has 2 heteroatoms. The minimum atomic E-state index is -0.146. The third kappa shape index (κ3) is 1.09. The van der Waals surface area contributed by atoms with Crippen molar-refractivity contribution in [2.75, 3.05) is 7.05 Å². The highest BCUT2D eigenvalue weighted by atomic mass is 16.6. The molecule has 0 atom stereocenters. The van der Waals surface area contributed by atoms with Crippen LogP contribution in [0.25, 0.3) is 0 Å². The van der Waals surface area contributed by atoms with Crippen molar-refractivity contribution in [3.63, 3.8) is 0 Å². The number of rotatable bonds is 0. The van der Waals surface area contributed by atoms with Crippen LogP contribution in [-0.4, -0.2) is 28.8 Å². The molecule has 0 amide bonds. The number of nitrogens with zero attached hydrogens (tertiary/aromatic N) is 1. The van der Waals surface area contributed by atoms with Crippen molar-refractivity contribution < 1.29 is 4.74 Å². The summed E-state index contributed by atoms with van der Waals surface area (Å²) in [4.78, 5) is 2.29. The van der Waals surface area contributed by atoms with E-state index in [0.717, 1.165) is 0 Å². The van der Waals surface area contributed by atoms with Crippen LogP contribution >= 0.6 is 0 Å². The van der Waals surface area contributed by atoms with Gasteiger partial charge >= 0.3 is 0 Å². The van der Waals surface area contributed by atoms with E-state index in [-0.39, 0.29) is 16.9 Å². The van der Waals surface area contributed by atoms with E-state index < -0.39 is 0 Å². The smallest absolute Gasteiger partial charge is 0.117 e. The maximum Gasteiger partial charge on any atom is 0.117 e. The lowest BCUT2D eigenvalue weighted by Crippen LogP contribution is -2.51. The van der Waals surface area contributed by atoms with Crippen LogP contribution in [0.4, 0.5) is 0 Å². The molecular weight excluding hydrogens is 150 g/mol. The van der Waals surface area contributed by atoms with Crippen LogP contribution in [0.3, 0.4) is 0 Å². The van der Waals surface area contributed by atoms with E-state index in [0.29, 0.717) is 0 Å². The lowest BCUT2D eigenvalue weighted by Gasteiger charge is -2.37. The van der Waals surface area contributed by atoms with E-state index in [4.69, 9.17) is 4.74 Å². The molecule has 0 unspecified atom stereocenters. The standard InChI is InChI=1S/C10H21NO/c1-8(2)9(3,4)12-10(5,6)11(8)7/h1-7H3. The fraction of sp³-hybridized carbons (Fsp3) is 1.00. The molecule has 0 aliphatic carbocycles. The van der Waals surface area contributed by atoms with Crippen molar-refractivity contribution in [3.05, 3.63) is 0 Å². The zero-order valence-corrected chi connectivity index (χ0v) is 9.36. The summed E-state index contributed by atoms with van der Waals surface area (Å²) in [5.41, 5.74) is -0.130. The Labute approximate surface area is 75.9 Å². The van der Waals surface area contributed by atoms with Crippen molar-refractivity contribution >= 4 is 0 Å². The second kappa shape index (κ2) is 2.24. The minimum absolute atomic E-state index is 0.0781. The van der Waals surface area contributed by atoms with Crippen LogP contribution in [0.1, 0.15) is 41.5 Å². The van der Waals surface area contributed by atoms with E-state index in [9.17, 15) is 0 Å². The van der Waals surface area contributed by atoms with Gasteiger partial charge in [-0.1, -0.05) is 0 Å². The maximum atomic E-state index is 5.99. The molecular formula is C10H21NO. The summed E-state index contributed by atoms with van der Waals surface area (Å²) < 4.78 is 5.99. The summed E-state index contributed by atoms with van der Waals surface area (Å²) >= 11 is 0. The lowest BCUT2D eigenvalue weighted by atomic mass is 9.86. The van der Waals surface area contributed by atoms with Crippen molar-refractivity contribution in [2.45, 2.75) is 58.4 Å². The van der Waals surface area contributed by atoms with E-state index in [1.165, 1.54) is 0 Å². The van der Waals surface area contributed by atoms with Gasteiger partial charge in [0.15, 0.2) is 0 Å². The molecule has 0 aromatic heterocycles. The first kappa shape index (κ1) is 10.0. The highest BCUT2D eigenvalue weighted by Gasteiger charge is 2.55. The van der Waals surface area contributed by atoms with Gasteiger partial charge in [-0.3, -0.25) is 4.90 Å². The summed E-state index contributed by atoms with van der Waals surface area (Å²) in [5, 5.41) is 0. The van der Waals surface area contributed by atoms with Crippen molar-refractivity contribution in [1.29, 1.82) is 0 Å². The summed E-state index contributed by atoms with van der Waals surface area (Å²) in [7, 11) is 2.12. The molecule has 0 N–H and O–H groups in total. The Morgan fingerprint density at radius 3 is 1.42 bits per heavy atom. The monoisotopic (exact) mass is 171 g/mol. The molecule has 1 fully saturated rings. The molecule has 1 rings (SSSR count). The predicted molar refractivity (Wildman–Crippen MR) is 51.1 cm³/mol. The third-order valence-electron chi connectivity index (χ3n) is 3.62. The third-order valence-corrected chi connectivity index (χ3v) is 3.62. The predicted octanol–water partition coefficient (Wildman–Crippen LogP) is 2.24. The van der Waals surface area contributed by atoms with Crippen LogP contribution < -0.4 is 0 Å². The average molecular weight is 171 g/mol. The Hall–Kier alpha value is -0.0800. The van der Waals surface area contributed by atoms with Crippen LogP contribution in [0, 0.1) is 0 Å². The molecule has 0 radical (unpaired) electrons. The molecule has 0 aromatic carbocycles. The van der Waals surface area contributed by atoms with Crippen LogP contribution in [0.2, 0.25) is 0 Å². The van der Waals surface area contributed by atoms with Gasteiger partial charge in [0.25, 0.3) is 0 Å². The molecule has 0 aromatic rings. The zero-order chi connectivity index (χ0) is 9.78. The van der Waals surface area contributed by atoms with Crippen molar-refractivity contribution in [3.8, 4) is 0 Å². The molecule has 0 bridgehead atoms. The van der Waals surface area contributed by atoms with E-state index in [1.54, 1.807) is 0 Å². The van der Waals surface area contributed by atoms with E-state index in [1.807, 2.05) is 0 Å². The second-order valence-electron chi connectivity index (χ2n) is 5.18. The maximum absolute atomic E-state index is 5.99. The fourth-order valence-corrected chi connectivity index (χ4v) is 1.89. The molecule has 12 heavy (non-hydrogen) atoms. The molecule has 1 aliphatic heterocycles. The topological polar surface area (TPSA) is 12.5 Å². The highest BCUT2D eigenvalue weighted by molar-refractivity contribution is 5.05. The summed E-state index contributed by atoms with van der Waals surface area (Å²) in [6, 6.07) is 0. The molecule has 1 saturated heterocycles. The number of hydrogen-bond acceptors (Lipinski definition) is 2. The molecule has 0 spiro atoms. The Kier molecular flexibility index (Phi) is 1.86. The van der Waals surface area contributed by atoms with E-state index in [2.05, 4.69) is 53.5 Å². The van der Waals surface area contributed by atoms with Gasteiger partial charge in [0.2, 0.25) is 0 Å². The second-order valence-corrected chi connectivity index (χ2v) is 5.18. The van der Waals surface area contributed by atoms with Crippen LogP contribution in [0.5, 0.6) is 0 Å². The Morgan fingerprint density at radius 1 is 0.917 bits per heavy atom. The summed E-state index contributed by atoms with van der Waals surface area (Å²) in [6.07, 6.45) is 0. The summed E-state index contributed by atoms with van der Waals surface area (Å²) in [5.74, 6) is 0. The van der Waals surface area contributed by atoms with Gasteiger partial charge < -0.3 is 4.74 Å². The molecule has 0 saturated carbocycles. The zero-order valence-electron chi connectivity index (χ0n) is 9.36. The largest absolute Gasteiger partial charge is 0.353 e. The van der Waals surface area contributed by atoms with Crippen molar-refractivity contribution in [1.82, 2.24) is 4.90 Å². The van der Waals surface area contributed by atoms with Gasteiger partial charge in [-0.05, 0) is 48.6 Å². The first-order valence-corrected chi connectivity index (χ1v) is 4.55. The van der Waals surface area contributed by atoms with Gasteiger partial charge in [-0.25, -0.2) is 0 Å². The average Bonchev–Trinajstić information content (AvgIpc) is 1.90. The van der Waals surface area contributed by atoms with Gasteiger partial charge in [-0.15, -0.1) is 0 Å². The number of likely N-dealkylation sites (N-methyl/N-ethyl adjacent to an activating group) is 1. The van der Waals surface area contributed by atoms with Crippen LogP contribution in [-0.2, 0) is 4.74 Å². The molecule has 72 valence electrons. The fourth-order valence-electron chi connectivity index (χ4n) is 1.89. The number of ether oxygens (including phenoxy) is 1. The quantitative estimate of drug-likeness (QED) is 0.554. The molecule has 1 heterocycles. The highest BCUT2D eigenvalue weighted by Crippen LogP contribution is 2.44. The SMILES string of the molecule is CN1C(C)(C)OC(C)(C)C1(C)C. The lowest BCUT2D eigenvalue weighted by molar-refractivity contribution is -0.0989. The normalized spacial score (nSPS) is 32.2. The number of hydrogen-bond donors (Lipinski definition) is 0. The van der Waals surface area contributed by atoms with Crippen LogP contribution in [0.15, 0.2) is 0 Å². The van der Waals surface area contributed by atoms with E-state index >= 15 is 0 Å².